The summed E-state index contributed by atoms with van der Waals surface area (Å²) in [5, 5.41) is 20.7. The van der Waals surface area contributed by atoms with Gasteiger partial charge in [0.2, 0.25) is 11.9 Å². The van der Waals surface area contributed by atoms with Gasteiger partial charge in [0.25, 0.3) is 5.89 Å². The highest BCUT2D eigenvalue weighted by molar-refractivity contribution is 5.92. The molecule has 0 spiro atoms. The Morgan fingerprint density at radius 2 is 1.90 bits per heavy atom. The van der Waals surface area contributed by atoms with Gasteiger partial charge in [-0.2, -0.15) is 18.2 Å². The van der Waals surface area contributed by atoms with Crippen molar-refractivity contribution in [1.82, 2.24) is 25.4 Å². The summed E-state index contributed by atoms with van der Waals surface area (Å²) in [6, 6.07) is 3.26. The van der Waals surface area contributed by atoms with Crippen LogP contribution in [0.4, 0.5) is 18.9 Å². The molecule has 4 heterocycles. The van der Waals surface area contributed by atoms with E-state index in [4.69, 9.17) is 9.37 Å². The normalized spacial score (nSPS) is 19.7. The predicted octanol–water partition coefficient (Wildman–Crippen LogP) is 1.64. The van der Waals surface area contributed by atoms with E-state index in [2.05, 4.69) is 34.8 Å². The number of morpholine rings is 1. The van der Waals surface area contributed by atoms with Crippen LogP contribution in [0.3, 0.4) is 0 Å². The van der Waals surface area contributed by atoms with Gasteiger partial charge < -0.3 is 19.3 Å². The van der Waals surface area contributed by atoms with E-state index in [1.807, 2.05) is 0 Å². The number of nitrogens with zero attached hydrogens (tertiary/aromatic N) is 6. The summed E-state index contributed by atoms with van der Waals surface area (Å²) in [5.41, 5.74) is 2.09. The molecular weight excluding hydrogens is 421 g/mol. The van der Waals surface area contributed by atoms with Crippen molar-refractivity contribution in [2.75, 3.05) is 50.8 Å². The lowest BCUT2D eigenvalue weighted by atomic mass is 9.97. The minimum atomic E-state index is -4.90. The molecule has 2 fully saturated rings. The van der Waals surface area contributed by atoms with Crippen molar-refractivity contribution in [3.05, 3.63) is 18.0 Å². The Morgan fingerprint density at radius 1 is 1.13 bits per heavy atom. The van der Waals surface area contributed by atoms with Gasteiger partial charge in [-0.3, -0.25) is 4.90 Å². The lowest BCUT2D eigenvalue weighted by molar-refractivity contribution is -0.213. The van der Waals surface area contributed by atoms with E-state index in [0.29, 0.717) is 22.5 Å². The average molecular weight is 440 g/mol. The van der Waals surface area contributed by atoms with E-state index >= 15 is 0 Å². The molecule has 0 bridgehead atoms. The first-order chi connectivity index (χ1) is 14.9. The minimum absolute atomic E-state index is 0.0881. The Morgan fingerprint density at radius 3 is 2.65 bits per heavy atom. The molecule has 13 heteroatoms. The molecule has 2 aliphatic heterocycles. The zero-order chi connectivity index (χ0) is 21.6. The molecule has 0 amide bonds. The molecule has 3 aromatic rings. The number of aliphatic hydroxyl groups excluding tert-OH is 1. The number of alkyl halides is 3. The maximum Gasteiger partial charge on any atom is 0.423 e. The summed E-state index contributed by atoms with van der Waals surface area (Å²) in [6.07, 6.45) is -7.75. The number of anilines is 1. The first-order valence-corrected chi connectivity index (χ1v) is 9.78. The zero-order valence-corrected chi connectivity index (χ0v) is 16.2. The van der Waals surface area contributed by atoms with Gasteiger partial charge in [-0.15, -0.1) is 0 Å². The van der Waals surface area contributed by atoms with Gasteiger partial charge >= 0.3 is 6.18 Å². The van der Waals surface area contributed by atoms with Gasteiger partial charge in [0.1, 0.15) is 5.52 Å². The lowest BCUT2D eigenvalue weighted by Gasteiger charge is -2.43. The third-order valence-electron chi connectivity index (χ3n) is 5.50. The summed E-state index contributed by atoms with van der Waals surface area (Å²) in [7, 11) is 0. The highest BCUT2D eigenvalue weighted by Gasteiger charge is 2.43. The number of hydrogen-bond donors (Lipinski definition) is 1. The number of ether oxygens (including phenoxy) is 1. The van der Waals surface area contributed by atoms with Crippen LogP contribution in [-0.4, -0.2) is 82.6 Å². The minimum Gasteiger partial charge on any atom is -0.379 e. The molecule has 10 nitrogen and oxygen atoms in total. The van der Waals surface area contributed by atoms with E-state index in [9.17, 15) is 18.3 Å². The van der Waals surface area contributed by atoms with Crippen LogP contribution in [-0.2, 0) is 4.74 Å². The van der Waals surface area contributed by atoms with Crippen molar-refractivity contribution in [2.24, 2.45) is 5.92 Å². The van der Waals surface area contributed by atoms with E-state index in [1.54, 1.807) is 12.1 Å². The fraction of sp³-hybridized carbons (Fsp3) is 0.556. The van der Waals surface area contributed by atoms with Crippen molar-refractivity contribution in [3.63, 3.8) is 0 Å². The van der Waals surface area contributed by atoms with E-state index in [-0.39, 0.29) is 5.82 Å². The van der Waals surface area contributed by atoms with Crippen LogP contribution < -0.4 is 4.90 Å². The summed E-state index contributed by atoms with van der Waals surface area (Å²) in [6.45, 7) is 5.92. The first kappa shape index (κ1) is 20.2. The monoisotopic (exact) mass is 440 g/mol. The maximum absolute atomic E-state index is 12.7. The highest BCUT2D eigenvalue weighted by Crippen LogP contribution is 2.36. The van der Waals surface area contributed by atoms with Crippen LogP contribution in [0.25, 0.3) is 22.4 Å². The second-order valence-electron chi connectivity index (χ2n) is 7.71. The van der Waals surface area contributed by atoms with Gasteiger partial charge in [-0.1, -0.05) is 5.16 Å². The number of aromatic nitrogens is 4. The Bertz CT molecular complexity index is 1060. The molecule has 2 aliphatic rings. The number of rotatable bonds is 5. The lowest BCUT2D eigenvalue weighted by Crippen LogP contribution is -2.53. The number of aliphatic hydroxyl groups is 1. The Hall–Kier alpha value is -2.77. The predicted molar refractivity (Wildman–Crippen MR) is 99.1 cm³/mol. The van der Waals surface area contributed by atoms with Gasteiger partial charge in [0, 0.05) is 44.2 Å². The topological polar surface area (TPSA) is 114 Å². The van der Waals surface area contributed by atoms with Crippen molar-refractivity contribution in [1.29, 1.82) is 0 Å². The van der Waals surface area contributed by atoms with E-state index in [1.165, 1.54) is 0 Å². The van der Waals surface area contributed by atoms with Crippen LogP contribution in [0.2, 0.25) is 0 Å². The van der Waals surface area contributed by atoms with Crippen LogP contribution in [0.5, 0.6) is 0 Å². The van der Waals surface area contributed by atoms with Crippen molar-refractivity contribution >= 4 is 16.7 Å². The van der Waals surface area contributed by atoms with Crippen molar-refractivity contribution < 1.29 is 32.2 Å². The quantitative estimate of drug-likeness (QED) is 0.628. The fourth-order valence-corrected chi connectivity index (χ4v) is 3.88. The molecule has 2 saturated heterocycles. The second-order valence-corrected chi connectivity index (χ2v) is 7.71. The molecule has 0 saturated carbocycles. The Labute approximate surface area is 173 Å². The van der Waals surface area contributed by atoms with Crippen molar-refractivity contribution in [3.8, 4) is 11.4 Å². The zero-order valence-electron chi connectivity index (χ0n) is 16.2. The smallest absolute Gasteiger partial charge is 0.379 e. The summed E-state index contributed by atoms with van der Waals surface area (Å²) in [4.78, 5) is 8.19. The highest BCUT2D eigenvalue weighted by atomic mass is 19.4. The maximum atomic E-state index is 12.7. The molecule has 5 rings (SSSR count). The van der Waals surface area contributed by atoms with Crippen molar-refractivity contribution in [2.45, 2.75) is 12.3 Å². The Kier molecular flexibility index (Phi) is 5.02. The van der Waals surface area contributed by atoms with Crippen LogP contribution >= 0.6 is 0 Å². The molecule has 31 heavy (non-hydrogen) atoms. The molecule has 166 valence electrons. The van der Waals surface area contributed by atoms with E-state index in [0.717, 1.165) is 51.6 Å². The number of hydrogen-bond acceptors (Lipinski definition) is 10. The summed E-state index contributed by atoms with van der Waals surface area (Å²) >= 11 is 0. The molecule has 1 atom stereocenters. The average Bonchev–Trinajstić information content (AvgIpc) is 3.38. The third kappa shape index (κ3) is 3.95. The molecule has 2 aromatic heterocycles. The second kappa shape index (κ2) is 7.73. The number of halogens is 3. The van der Waals surface area contributed by atoms with Gasteiger partial charge in [0.15, 0.2) is 5.52 Å². The van der Waals surface area contributed by atoms with Gasteiger partial charge in [0.05, 0.1) is 18.9 Å². The third-order valence-corrected chi connectivity index (χ3v) is 5.50. The Balaban J connectivity index is 1.36. The summed E-state index contributed by atoms with van der Waals surface area (Å²) in [5.74, 6) is -0.526. The molecule has 1 aromatic carbocycles. The molecular formula is C18H19F3N6O4. The van der Waals surface area contributed by atoms with Crippen LogP contribution in [0, 0.1) is 5.92 Å². The first-order valence-electron chi connectivity index (χ1n) is 9.78. The SMILES string of the molecule is OC(c1nc(-c2cc(N3CC(CN4CCOCC4)C3)c3nonc3c2)no1)C(F)(F)F. The largest absolute Gasteiger partial charge is 0.423 e. The van der Waals surface area contributed by atoms with Crippen LogP contribution in [0.1, 0.15) is 12.0 Å². The fourth-order valence-electron chi connectivity index (χ4n) is 3.88. The number of fused-ring (bicyclic) bond motifs is 1. The molecule has 1 N–H and O–H groups in total. The number of benzene rings is 1. The standard InChI is InChI=1S/C18H19F3N6O4/c19-18(20,21)15(28)17-22-16(25-30-17)11-5-12-14(24-31-23-12)13(6-11)27-8-10(9-27)7-26-1-3-29-4-2-26/h5-6,10,15,28H,1-4,7-9H2. The van der Waals surface area contributed by atoms with Crippen LogP contribution in [0.15, 0.2) is 21.3 Å². The molecule has 1 unspecified atom stereocenters. The van der Waals surface area contributed by atoms with Gasteiger partial charge in [-0.05, 0) is 22.4 Å². The van der Waals surface area contributed by atoms with Gasteiger partial charge in [-0.25, -0.2) is 4.63 Å². The van der Waals surface area contributed by atoms with E-state index < -0.39 is 18.2 Å². The molecule has 0 aliphatic carbocycles. The summed E-state index contributed by atoms with van der Waals surface area (Å²) < 4.78 is 53.0. The molecule has 0 radical (unpaired) electrons.